The Morgan fingerprint density at radius 2 is 1.85 bits per heavy atom. The Morgan fingerprint density at radius 3 is 2.50 bits per heavy atom. The molecule has 0 aliphatic carbocycles. The second-order valence-corrected chi connectivity index (χ2v) is 6.11. The van der Waals surface area contributed by atoms with Gasteiger partial charge in [0.1, 0.15) is 12.6 Å². The van der Waals surface area contributed by atoms with Crippen molar-refractivity contribution in [3.8, 4) is 6.07 Å². The number of amides is 2. The summed E-state index contributed by atoms with van der Waals surface area (Å²) in [6.45, 7) is 3.78. The number of anilines is 1. The summed E-state index contributed by atoms with van der Waals surface area (Å²) in [5, 5.41) is 14.2. The number of rotatable bonds is 6. The summed E-state index contributed by atoms with van der Waals surface area (Å²) in [6.07, 6.45) is -0.659. The zero-order chi connectivity index (χ0) is 18.9. The van der Waals surface area contributed by atoms with Crippen molar-refractivity contribution >= 4 is 17.7 Å². The number of carbonyl (C=O) groups is 2. The van der Waals surface area contributed by atoms with Crippen molar-refractivity contribution in [1.82, 2.24) is 5.32 Å². The summed E-state index contributed by atoms with van der Waals surface area (Å²) in [7, 11) is 0. The number of nitrogens with zero attached hydrogens (tertiary/aromatic N) is 1. The Morgan fingerprint density at radius 1 is 1.12 bits per heavy atom. The first-order valence-electron chi connectivity index (χ1n) is 8.28. The molecule has 0 saturated heterocycles. The summed E-state index contributed by atoms with van der Waals surface area (Å²) in [4.78, 5) is 24.5. The molecule has 6 nitrogen and oxygen atoms in total. The fourth-order valence-corrected chi connectivity index (χ4v) is 2.31. The van der Waals surface area contributed by atoms with Gasteiger partial charge in [-0.25, -0.2) is 4.79 Å². The van der Waals surface area contributed by atoms with Gasteiger partial charge in [-0.05, 0) is 29.7 Å². The molecule has 0 saturated carbocycles. The van der Waals surface area contributed by atoms with Gasteiger partial charge in [0.25, 0.3) is 0 Å². The van der Waals surface area contributed by atoms with E-state index in [4.69, 9.17) is 10.00 Å². The van der Waals surface area contributed by atoms with Gasteiger partial charge in [-0.15, -0.1) is 0 Å². The fourth-order valence-electron chi connectivity index (χ4n) is 2.31. The van der Waals surface area contributed by atoms with Crippen molar-refractivity contribution in [2.24, 2.45) is 5.92 Å². The van der Waals surface area contributed by atoms with Gasteiger partial charge in [0, 0.05) is 5.69 Å². The Labute approximate surface area is 152 Å². The molecule has 0 aliphatic rings. The van der Waals surface area contributed by atoms with Crippen LogP contribution in [0.5, 0.6) is 0 Å². The van der Waals surface area contributed by atoms with Gasteiger partial charge in [-0.3, -0.25) is 4.79 Å². The first kappa shape index (κ1) is 19.0. The molecule has 1 atom stereocenters. The van der Waals surface area contributed by atoms with Crippen LogP contribution in [0.1, 0.15) is 25.0 Å². The van der Waals surface area contributed by atoms with Crippen molar-refractivity contribution < 1.29 is 14.3 Å². The molecule has 6 heteroatoms. The highest BCUT2D eigenvalue weighted by molar-refractivity contribution is 5.96. The monoisotopic (exact) mass is 351 g/mol. The van der Waals surface area contributed by atoms with Gasteiger partial charge in [-0.2, -0.15) is 5.26 Å². The lowest BCUT2D eigenvalue weighted by Crippen LogP contribution is -2.47. The van der Waals surface area contributed by atoms with Gasteiger partial charge in [-0.1, -0.05) is 50.2 Å². The zero-order valence-electron chi connectivity index (χ0n) is 14.7. The molecular formula is C20H21N3O3. The van der Waals surface area contributed by atoms with Crippen molar-refractivity contribution in [2.75, 3.05) is 5.32 Å². The quantitative estimate of drug-likeness (QED) is 0.834. The molecule has 134 valence electrons. The largest absolute Gasteiger partial charge is 0.445 e. The number of alkyl carbamates (subject to hydrolysis) is 1. The van der Waals surface area contributed by atoms with Crippen LogP contribution in [0, 0.1) is 17.2 Å². The number of nitrogens with one attached hydrogen (secondary N) is 2. The molecule has 0 heterocycles. The van der Waals surface area contributed by atoms with Crippen LogP contribution >= 0.6 is 0 Å². The van der Waals surface area contributed by atoms with E-state index < -0.39 is 12.1 Å². The zero-order valence-corrected chi connectivity index (χ0v) is 14.7. The van der Waals surface area contributed by atoms with E-state index >= 15 is 0 Å². The Balaban J connectivity index is 1.95. The van der Waals surface area contributed by atoms with E-state index in [1.54, 1.807) is 24.3 Å². The lowest BCUT2D eigenvalue weighted by Gasteiger charge is -2.21. The molecule has 2 aromatic rings. The van der Waals surface area contributed by atoms with Crippen LogP contribution < -0.4 is 10.6 Å². The average molecular weight is 351 g/mol. The standard InChI is InChI=1S/C20H21N3O3/c1-14(2)18(19(24)22-17-10-6-9-16(11-17)12-21)23-20(25)26-13-15-7-4-3-5-8-15/h3-11,14,18H,13H2,1-2H3,(H,22,24)(H,23,25). The predicted octanol–water partition coefficient (Wildman–Crippen LogP) is 3.45. The second kappa shape index (κ2) is 9.23. The highest BCUT2D eigenvalue weighted by Gasteiger charge is 2.25. The molecule has 0 fully saturated rings. The maximum Gasteiger partial charge on any atom is 0.408 e. The second-order valence-electron chi connectivity index (χ2n) is 6.11. The number of carbonyl (C=O) groups excluding carboxylic acids is 2. The van der Waals surface area contributed by atoms with Gasteiger partial charge in [0.2, 0.25) is 5.91 Å². The van der Waals surface area contributed by atoms with E-state index in [0.717, 1.165) is 5.56 Å². The summed E-state index contributed by atoms with van der Waals surface area (Å²) in [6, 6.07) is 17.1. The van der Waals surface area contributed by atoms with Crippen molar-refractivity contribution in [3.05, 3.63) is 65.7 Å². The first-order chi connectivity index (χ1) is 12.5. The number of hydrogen-bond acceptors (Lipinski definition) is 4. The van der Waals surface area contributed by atoms with E-state index in [0.29, 0.717) is 11.3 Å². The summed E-state index contributed by atoms with van der Waals surface area (Å²) < 4.78 is 5.17. The van der Waals surface area contributed by atoms with Crippen molar-refractivity contribution in [2.45, 2.75) is 26.5 Å². The van der Waals surface area contributed by atoms with Crippen molar-refractivity contribution in [1.29, 1.82) is 5.26 Å². The number of nitriles is 1. The van der Waals surface area contributed by atoms with Crippen molar-refractivity contribution in [3.63, 3.8) is 0 Å². The molecule has 26 heavy (non-hydrogen) atoms. The minimum atomic E-state index is -0.760. The third-order valence-electron chi connectivity index (χ3n) is 3.69. The number of benzene rings is 2. The molecule has 0 radical (unpaired) electrons. The van der Waals surface area contributed by atoms with Crippen LogP contribution in [0.3, 0.4) is 0 Å². The summed E-state index contributed by atoms with van der Waals surface area (Å²) in [5.41, 5.74) is 1.81. The minimum absolute atomic E-state index is 0.128. The first-order valence-corrected chi connectivity index (χ1v) is 8.28. The maximum absolute atomic E-state index is 12.5. The molecule has 0 aliphatic heterocycles. The molecule has 2 N–H and O–H groups in total. The summed E-state index contributed by atoms with van der Waals surface area (Å²) in [5.74, 6) is -0.509. The molecule has 0 aromatic heterocycles. The molecule has 0 bridgehead atoms. The van der Waals surface area contributed by atoms with Crippen LogP contribution in [0.2, 0.25) is 0 Å². The SMILES string of the molecule is CC(C)C(NC(=O)OCc1ccccc1)C(=O)Nc1cccc(C#N)c1. The number of ether oxygens (including phenoxy) is 1. The summed E-state index contributed by atoms with van der Waals surface area (Å²) >= 11 is 0. The molecule has 0 spiro atoms. The minimum Gasteiger partial charge on any atom is -0.445 e. The topological polar surface area (TPSA) is 91.2 Å². The molecule has 2 amide bonds. The highest BCUT2D eigenvalue weighted by atomic mass is 16.5. The predicted molar refractivity (Wildman–Crippen MR) is 98.2 cm³/mol. The Bertz CT molecular complexity index is 797. The van der Waals surface area contributed by atoms with E-state index in [1.165, 1.54) is 0 Å². The molecule has 2 rings (SSSR count). The van der Waals surface area contributed by atoms with Gasteiger partial charge in [0.15, 0.2) is 0 Å². The normalized spacial score (nSPS) is 11.3. The van der Waals surface area contributed by atoms with Gasteiger partial charge >= 0.3 is 6.09 Å². The fraction of sp³-hybridized carbons (Fsp3) is 0.250. The van der Waals surface area contributed by atoms with E-state index in [1.807, 2.05) is 50.2 Å². The third kappa shape index (κ3) is 5.64. The lowest BCUT2D eigenvalue weighted by atomic mass is 10.0. The molecule has 1 unspecified atom stereocenters. The van der Waals surface area contributed by atoms with E-state index in [-0.39, 0.29) is 18.4 Å². The van der Waals surface area contributed by atoms with Crippen LogP contribution in [-0.2, 0) is 16.1 Å². The van der Waals surface area contributed by atoms with Crippen LogP contribution in [0.25, 0.3) is 0 Å². The van der Waals surface area contributed by atoms with Gasteiger partial charge in [0.05, 0.1) is 11.6 Å². The van der Waals surface area contributed by atoms with Gasteiger partial charge < -0.3 is 15.4 Å². The third-order valence-corrected chi connectivity index (χ3v) is 3.69. The van der Waals surface area contributed by atoms with Crippen LogP contribution in [0.15, 0.2) is 54.6 Å². The van der Waals surface area contributed by atoms with E-state index in [2.05, 4.69) is 10.6 Å². The lowest BCUT2D eigenvalue weighted by molar-refractivity contribution is -0.119. The van der Waals surface area contributed by atoms with Crippen LogP contribution in [0.4, 0.5) is 10.5 Å². The van der Waals surface area contributed by atoms with E-state index in [9.17, 15) is 9.59 Å². The maximum atomic E-state index is 12.5. The highest BCUT2D eigenvalue weighted by Crippen LogP contribution is 2.12. The van der Waals surface area contributed by atoms with Crippen LogP contribution in [-0.4, -0.2) is 18.0 Å². The average Bonchev–Trinajstić information content (AvgIpc) is 2.65. The molecule has 2 aromatic carbocycles. The Hall–Kier alpha value is -3.33. The smallest absolute Gasteiger partial charge is 0.408 e. The Kier molecular flexibility index (Phi) is 6.75. The number of hydrogen-bond donors (Lipinski definition) is 2. The molecular weight excluding hydrogens is 330 g/mol.